The van der Waals surface area contributed by atoms with Gasteiger partial charge in [0.2, 0.25) is 0 Å². The first-order valence-corrected chi connectivity index (χ1v) is 15.5. The van der Waals surface area contributed by atoms with Crippen LogP contribution in [0, 0.1) is 0 Å². The molecule has 0 heterocycles. The van der Waals surface area contributed by atoms with Gasteiger partial charge in [-0.3, -0.25) is 4.79 Å². The van der Waals surface area contributed by atoms with Crippen molar-refractivity contribution in [3.8, 4) is 11.5 Å². The molecule has 0 aliphatic carbocycles. The standard InChI is InChI=1S/C36H42N2O8/c1-2-3-7-10-33(39)45-31-16-18-32(19-17-31)46-34(40)20-13-26-11-14-27(15-12-26)35(41)43-21-8-5-4-6-9-22-44-36(42)28-23-29(37)25-30(38)24-28/h11-20,23-25H,2-10,21-22,37-38H2,1H3/b20-13+. The average molecular weight is 631 g/mol. The molecule has 0 aliphatic heterocycles. The van der Waals surface area contributed by atoms with Gasteiger partial charge >= 0.3 is 23.9 Å². The van der Waals surface area contributed by atoms with Crippen molar-refractivity contribution in [3.05, 3.63) is 89.5 Å². The van der Waals surface area contributed by atoms with Gasteiger partial charge in [-0.05, 0) is 85.5 Å². The fourth-order valence-electron chi connectivity index (χ4n) is 4.35. The predicted octanol–water partition coefficient (Wildman–Crippen LogP) is 6.92. The van der Waals surface area contributed by atoms with E-state index in [0.717, 1.165) is 51.4 Å². The molecule has 46 heavy (non-hydrogen) atoms. The molecule has 3 aromatic rings. The smallest absolute Gasteiger partial charge is 0.338 e. The maximum atomic E-state index is 12.4. The molecule has 0 fully saturated rings. The van der Waals surface area contributed by atoms with Crippen LogP contribution in [0.1, 0.15) is 91.0 Å². The highest BCUT2D eigenvalue weighted by Crippen LogP contribution is 2.19. The van der Waals surface area contributed by atoms with Gasteiger partial charge in [-0.1, -0.05) is 51.2 Å². The Morgan fingerprint density at radius 3 is 1.76 bits per heavy atom. The number of unbranched alkanes of at least 4 members (excludes halogenated alkanes) is 6. The SMILES string of the molecule is CCCCCC(=O)Oc1ccc(OC(=O)/C=C/c2ccc(C(=O)OCCCCCCCOC(=O)c3cc(N)cc(N)c3)cc2)cc1. The van der Waals surface area contributed by atoms with E-state index < -0.39 is 17.9 Å². The van der Waals surface area contributed by atoms with Crippen LogP contribution in [0.15, 0.2) is 72.8 Å². The van der Waals surface area contributed by atoms with E-state index in [4.69, 9.17) is 30.4 Å². The lowest BCUT2D eigenvalue weighted by atomic mass is 10.1. The number of carbonyl (C=O) groups is 4. The third-order valence-electron chi connectivity index (χ3n) is 6.78. The molecule has 10 heteroatoms. The number of rotatable bonds is 18. The normalized spacial score (nSPS) is 10.8. The second-order valence-corrected chi connectivity index (χ2v) is 10.7. The highest BCUT2D eigenvalue weighted by Gasteiger charge is 2.10. The van der Waals surface area contributed by atoms with Crippen LogP contribution in [0.4, 0.5) is 11.4 Å². The van der Waals surface area contributed by atoms with Crippen LogP contribution in [0.5, 0.6) is 11.5 Å². The zero-order chi connectivity index (χ0) is 33.1. The average Bonchev–Trinajstić information content (AvgIpc) is 3.03. The zero-order valence-electron chi connectivity index (χ0n) is 26.2. The number of carbonyl (C=O) groups excluding carboxylic acids is 4. The highest BCUT2D eigenvalue weighted by atomic mass is 16.5. The van der Waals surface area contributed by atoms with Crippen molar-refractivity contribution in [2.24, 2.45) is 0 Å². The van der Waals surface area contributed by atoms with Crippen molar-refractivity contribution in [1.82, 2.24) is 0 Å². The molecule has 0 aromatic heterocycles. The first-order chi connectivity index (χ1) is 22.2. The third kappa shape index (κ3) is 13.3. The molecule has 0 saturated heterocycles. The van der Waals surface area contributed by atoms with Crippen LogP contribution in [0.25, 0.3) is 6.08 Å². The first kappa shape index (κ1) is 35.4. The van der Waals surface area contributed by atoms with Gasteiger partial charge in [0.25, 0.3) is 0 Å². The summed E-state index contributed by atoms with van der Waals surface area (Å²) in [4.78, 5) is 48.5. The van der Waals surface area contributed by atoms with E-state index in [9.17, 15) is 19.2 Å². The molecule has 10 nitrogen and oxygen atoms in total. The second-order valence-electron chi connectivity index (χ2n) is 10.7. The number of esters is 4. The number of ether oxygens (including phenoxy) is 4. The van der Waals surface area contributed by atoms with Gasteiger partial charge in [0.05, 0.1) is 24.3 Å². The van der Waals surface area contributed by atoms with E-state index in [1.165, 1.54) is 18.2 Å². The van der Waals surface area contributed by atoms with Gasteiger partial charge in [-0.15, -0.1) is 0 Å². The molecule has 0 unspecified atom stereocenters. The monoisotopic (exact) mass is 630 g/mol. The molecule has 4 N–H and O–H groups in total. The molecule has 0 spiro atoms. The Kier molecular flexibility index (Phi) is 14.8. The summed E-state index contributed by atoms with van der Waals surface area (Å²) in [5, 5.41) is 0. The summed E-state index contributed by atoms with van der Waals surface area (Å²) < 4.78 is 21.2. The Labute approximate surface area is 269 Å². The Hall–Kier alpha value is -5.12. The summed E-state index contributed by atoms with van der Waals surface area (Å²) in [7, 11) is 0. The fourth-order valence-corrected chi connectivity index (χ4v) is 4.35. The molecule has 0 saturated carbocycles. The molecule has 244 valence electrons. The van der Waals surface area contributed by atoms with Gasteiger partial charge in [0.1, 0.15) is 11.5 Å². The summed E-state index contributed by atoms with van der Waals surface area (Å²) >= 11 is 0. The van der Waals surface area contributed by atoms with E-state index >= 15 is 0 Å². The zero-order valence-corrected chi connectivity index (χ0v) is 26.2. The second kappa shape index (κ2) is 19.3. The van der Waals surface area contributed by atoms with Gasteiger partial charge in [-0.2, -0.15) is 0 Å². The lowest BCUT2D eigenvalue weighted by Gasteiger charge is -2.07. The molecule has 0 atom stereocenters. The molecule has 3 rings (SSSR count). The van der Waals surface area contributed by atoms with Crippen LogP contribution >= 0.6 is 0 Å². The van der Waals surface area contributed by atoms with E-state index in [-0.39, 0.29) is 5.97 Å². The highest BCUT2D eigenvalue weighted by molar-refractivity contribution is 5.92. The van der Waals surface area contributed by atoms with E-state index in [1.807, 2.05) is 0 Å². The lowest BCUT2D eigenvalue weighted by Crippen LogP contribution is -2.08. The van der Waals surface area contributed by atoms with Gasteiger partial charge in [-0.25, -0.2) is 14.4 Å². The maximum Gasteiger partial charge on any atom is 0.338 e. The lowest BCUT2D eigenvalue weighted by molar-refractivity contribution is -0.134. The summed E-state index contributed by atoms with van der Waals surface area (Å²) in [6.45, 7) is 2.68. The topological polar surface area (TPSA) is 157 Å². The van der Waals surface area contributed by atoms with E-state index in [2.05, 4.69) is 6.92 Å². The van der Waals surface area contributed by atoms with E-state index in [1.54, 1.807) is 60.7 Å². The molecule has 3 aromatic carbocycles. The summed E-state index contributed by atoms with van der Waals surface area (Å²) in [5.41, 5.74) is 13.7. The minimum Gasteiger partial charge on any atom is -0.462 e. The Bertz CT molecular complexity index is 1450. The number of anilines is 2. The van der Waals surface area contributed by atoms with Crippen LogP contribution in [0.2, 0.25) is 0 Å². The molecule has 0 aliphatic rings. The van der Waals surface area contributed by atoms with Crippen molar-refractivity contribution in [2.75, 3.05) is 24.7 Å². The number of hydrogen-bond acceptors (Lipinski definition) is 10. The van der Waals surface area contributed by atoms with Crippen LogP contribution in [0.3, 0.4) is 0 Å². The Morgan fingerprint density at radius 1 is 0.630 bits per heavy atom. The molecule has 0 radical (unpaired) electrons. The van der Waals surface area contributed by atoms with Crippen LogP contribution in [-0.4, -0.2) is 37.1 Å². The summed E-state index contributed by atoms with van der Waals surface area (Å²) in [6.07, 6.45) is 10.2. The van der Waals surface area contributed by atoms with Gasteiger partial charge < -0.3 is 30.4 Å². The maximum absolute atomic E-state index is 12.4. The van der Waals surface area contributed by atoms with Crippen LogP contribution < -0.4 is 20.9 Å². The number of hydrogen-bond donors (Lipinski definition) is 2. The minimum absolute atomic E-state index is 0.288. The number of nitrogens with two attached hydrogens (primary N) is 2. The molecular formula is C36H42N2O8. The number of nitrogen functional groups attached to an aromatic ring is 2. The summed E-state index contributed by atoms with van der Waals surface area (Å²) in [6, 6.07) is 17.6. The fraction of sp³-hybridized carbons (Fsp3) is 0.333. The van der Waals surface area contributed by atoms with E-state index in [0.29, 0.717) is 59.2 Å². The molecule has 0 bridgehead atoms. The van der Waals surface area contributed by atoms with Crippen molar-refractivity contribution in [1.29, 1.82) is 0 Å². The van der Waals surface area contributed by atoms with Crippen LogP contribution in [-0.2, 0) is 19.1 Å². The Morgan fingerprint density at radius 2 is 1.17 bits per heavy atom. The van der Waals surface area contributed by atoms with Crippen molar-refractivity contribution in [2.45, 2.75) is 64.7 Å². The molecule has 0 amide bonds. The first-order valence-electron chi connectivity index (χ1n) is 15.5. The molecular weight excluding hydrogens is 588 g/mol. The van der Waals surface area contributed by atoms with Crippen molar-refractivity contribution < 1.29 is 38.1 Å². The minimum atomic E-state index is -0.572. The van der Waals surface area contributed by atoms with Crippen molar-refractivity contribution >= 4 is 41.3 Å². The predicted molar refractivity (Wildman–Crippen MR) is 176 cm³/mol. The van der Waals surface area contributed by atoms with Gasteiger partial charge in [0.15, 0.2) is 0 Å². The number of benzene rings is 3. The quantitative estimate of drug-likeness (QED) is 0.0497. The van der Waals surface area contributed by atoms with Crippen molar-refractivity contribution in [3.63, 3.8) is 0 Å². The largest absolute Gasteiger partial charge is 0.462 e. The Balaban J connectivity index is 1.27. The summed E-state index contributed by atoms with van der Waals surface area (Å²) in [5.74, 6) is -1.01. The van der Waals surface area contributed by atoms with Gasteiger partial charge in [0, 0.05) is 23.9 Å². The third-order valence-corrected chi connectivity index (χ3v) is 6.78.